The number of pyridine rings is 1. The molecule has 3 nitrogen and oxygen atoms in total. The van der Waals surface area contributed by atoms with Gasteiger partial charge in [0.25, 0.3) is 0 Å². The van der Waals surface area contributed by atoms with Crippen LogP contribution in [-0.2, 0) is 12.6 Å². The maximum atomic E-state index is 12.6. The summed E-state index contributed by atoms with van der Waals surface area (Å²) in [6.07, 6.45) is 3.29. The van der Waals surface area contributed by atoms with Gasteiger partial charge >= 0.3 is 6.18 Å². The molecule has 0 aliphatic carbocycles. The summed E-state index contributed by atoms with van der Waals surface area (Å²) in [5, 5.41) is 7.81. The molecule has 0 aromatic carbocycles. The molecule has 3 aromatic heterocycles. The third kappa shape index (κ3) is 4.52. The Morgan fingerprint density at radius 1 is 1.04 bits per heavy atom. The summed E-state index contributed by atoms with van der Waals surface area (Å²) >= 11 is 1.74. The first-order valence-corrected chi connectivity index (χ1v) is 9.52. The van der Waals surface area contributed by atoms with Crippen LogP contribution in [0.25, 0.3) is 22.5 Å². The fraction of sp³-hybridized carbons (Fsp3) is 0.368. The number of rotatable bonds is 7. The molecule has 0 saturated heterocycles. The van der Waals surface area contributed by atoms with E-state index in [1.165, 1.54) is 30.6 Å². The van der Waals surface area contributed by atoms with E-state index in [1.54, 1.807) is 23.6 Å². The number of aryl methyl sites for hydroxylation is 1. The Bertz CT molecular complexity index is 834. The fourth-order valence-electron chi connectivity index (χ4n) is 2.70. The number of unbranched alkanes of at least 4 members (excludes halogenated alkanes) is 3. The van der Waals surface area contributed by atoms with Crippen LogP contribution in [0.5, 0.6) is 0 Å². The van der Waals surface area contributed by atoms with Crippen molar-refractivity contribution in [3.8, 4) is 22.5 Å². The van der Waals surface area contributed by atoms with E-state index in [4.69, 9.17) is 0 Å². The van der Waals surface area contributed by atoms with Gasteiger partial charge < -0.3 is 0 Å². The van der Waals surface area contributed by atoms with Crippen molar-refractivity contribution in [1.29, 1.82) is 0 Å². The van der Waals surface area contributed by atoms with Crippen LogP contribution in [0.1, 0.15) is 43.2 Å². The van der Waals surface area contributed by atoms with Crippen LogP contribution in [0.4, 0.5) is 13.2 Å². The Morgan fingerprint density at radius 3 is 2.54 bits per heavy atom. The van der Waals surface area contributed by atoms with Crippen molar-refractivity contribution in [2.75, 3.05) is 0 Å². The second kappa shape index (κ2) is 8.03. The molecule has 0 radical (unpaired) electrons. The molecule has 0 bridgehead atoms. The quantitative estimate of drug-likeness (QED) is 0.487. The largest absolute Gasteiger partial charge is 0.432 e. The minimum absolute atomic E-state index is 0.186. The van der Waals surface area contributed by atoms with Crippen molar-refractivity contribution < 1.29 is 13.2 Å². The lowest BCUT2D eigenvalue weighted by Gasteiger charge is -2.01. The van der Waals surface area contributed by atoms with Gasteiger partial charge in [-0.3, -0.25) is 10.1 Å². The molecule has 138 valence electrons. The molecular formula is C19H20F3N3S. The van der Waals surface area contributed by atoms with Gasteiger partial charge in [-0.25, -0.2) is 0 Å². The first-order chi connectivity index (χ1) is 12.5. The van der Waals surface area contributed by atoms with E-state index >= 15 is 0 Å². The van der Waals surface area contributed by atoms with Gasteiger partial charge in [0.05, 0.1) is 5.69 Å². The van der Waals surface area contributed by atoms with Gasteiger partial charge in [-0.05, 0) is 42.0 Å². The van der Waals surface area contributed by atoms with Crippen molar-refractivity contribution in [2.45, 2.75) is 45.2 Å². The van der Waals surface area contributed by atoms with Gasteiger partial charge in [0.1, 0.15) is 11.4 Å². The highest BCUT2D eigenvalue weighted by Gasteiger charge is 2.33. The number of hydrogen-bond acceptors (Lipinski definition) is 3. The highest BCUT2D eigenvalue weighted by molar-refractivity contribution is 7.10. The number of aromatic nitrogens is 3. The molecule has 1 N–H and O–H groups in total. The monoisotopic (exact) mass is 379 g/mol. The average molecular weight is 379 g/mol. The normalized spacial score (nSPS) is 11.8. The number of hydrogen-bond donors (Lipinski definition) is 1. The third-order valence-electron chi connectivity index (χ3n) is 4.17. The Labute approximate surface area is 154 Å². The van der Waals surface area contributed by atoms with E-state index in [2.05, 4.69) is 28.5 Å². The maximum Gasteiger partial charge on any atom is 0.432 e. The minimum atomic E-state index is -4.44. The van der Waals surface area contributed by atoms with E-state index in [0.29, 0.717) is 5.69 Å². The van der Waals surface area contributed by atoms with Crippen molar-refractivity contribution in [1.82, 2.24) is 15.2 Å². The predicted octanol–water partition coefficient (Wildman–Crippen LogP) is 6.34. The lowest BCUT2D eigenvalue weighted by atomic mass is 10.1. The van der Waals surface area contributed by atoms with Crippen LogP contribution in [0.15, 0.2) is 35.8 Å². The van der Waals surface area contributed by atoms with Crippen LogP contribution in [-0.4, -0.2) is 15.2 Å². The zero-order valence-electron chi connectivity index (χ0n) is 14.4. The maximum absolute atomic E-state index is 12.6. The Morgan fingerprint density at radius 2 is 1.88 bits per heavy atom. The molecule has 0 atom stereocenters. The summed E-state index contributed by atoms with van der Waals surface area (Å²) in [6.45, 7) is 2.20. The fourth-order valence-corrected chi connectivity index (χ4v) is 3.64. The summed E-state index contributed by atoms with van der Waals surface area (Å²) in [5.74, 6) is 0. The number of halogens is 3. The number of nitrogens with zero attached hydrogens (tertiary/aromatic N) is 2. The number of H-pyrrole nitrogens is 1. The van der Waals surface area contributed by atoms with E-state index in [0.717, 1.165) is 23.6 Å². The Kier molecular flexibility index (Phi) is 5.76. The summed E-state index contributed by atoms with van der Waals surface area (Å²) in [4.78, 5) is 5.62. The van der Waals surface area contributed by atoms with Gasteiger partial charge in [0.15, 0.2) is 0 Å². The summed E-state index contributed by atoms with van der Waals surface area (Å²) in [6, 6.07) is 6.71. The summed E-state index contributed by atoms with van der Waals surface area (Å²) in [7, 11) is 0. The summed E-state index contributed by atoms with van der Waals surface area (Å²) in [5.41, 5.74) is 1.78. The lowest BCUT2D eigenvalue weighted by Crippen LogP contribution is -2.04. The number of aromatic amines is 1. The van der Waals surface area contributed by atoms with Crippen LogP contribution in [0.3, 0.4) is 0 Å². The smallest absolute Gasteiger partial charge is 0.273 e. The van der Waals surface area contributed by atoms with Gasteiger partial charge in [-0.15, -0.1) is 11.3 Å². The number of thiophene rings is 1. The van der Waals surface area contributed by atoms with Crippen molar-refractivity contribution >= 4 is 11.3 Å². The Hall–Kier alpha value is -2.15. The highest BCUT2D eigenvalue weighted by Crippen LogP contribution is 2.31. The van der Waals surface area contributed by atoms with Gasteiger partial charge in [0, 0.05) is 16.6 Å². The van der Waals surface area contributed by atoms with Crippen molar-refractivity contribution in [2.24, 2.45) is 0 Å². The van der Waals surface area contributed by atoms with Gasteiger partial charge in [0.2, 0.25) is 0 Å². The minimum Gasteiger partial charge on any atom is -0.273 e. The molecule has 0 unspecified atom stereocenters. The molecule has 0 aliphatic heterocycles. The van der Waals surface area contributed by atoms with Crippen LogP contribution >= 0.6 is 11.3 Å². The molecule has 0 saturated carbocycles. The van der Waals surface area contributed by atoms with Crippen LogP contribution in [0.2, 0.25) is 0 Å². The molecule has 3 heterocycles. The molecular weight excluding hydrogens is 359 g/mol. The summed E-state index contributed by atoms with van der Waals surface area (Å²) < 4.78 is 37.9. The molecule has 0 fully saturated rings. The third-order valence-corrected chi connectivity index (χ3v) is 5.17. The number of alkyl halides is 3. The highest BCUT2D eigenvalue weighted by atomic mass is 32.1. The molecule has 26 heavy (non-hydrogen) atoms. The molecule has 0 amide bonds. The van der Waals surface area contributed by atoms with E-state index in [1.807, 2.05) is 11.2 Å². The van der Waals surface area contributed by atoms with Crippen LogP contribution < -0.4 is 0 Å². The first-order valence-electron chi connectivity index (χ1n) is 8.64. The molecule has 3 aromatic rings. The second-order valence-electron chi connectivity index (χ2n) is 6.21. The SMILES string of the molecule is CCCCCCc1cc(-c2ccc(-c3cc(C(F)(F)F)[nH]n3)nc2)cs1. The van der Waals surface area contributed by atoms with Crippen LogP contribution in [0, 0.1) is 0 Å². The van der Waals surface area contributed by atoms with Crippen molar-refractivity contribution in [3.63, 3.8) is 0 Å². The average Bonchev–Trinajstić information content (AvgIpc) is 3.28. The van der Waals surface area contributed by atoms with E-state index in [9.17, 15) is 13.2 Å². The van der Waals surface area contributed by atoms with Crippen molar-refractivity contribution in [3.05, 3.63) is 46.4 Å². The first kappa shape index (κ1) is 18.6. The van der Waals surface area contributed by atoms with Gasteiger partial charge in [-0.2, -0.15) is 18.3 Å². The number of nitrogens with one attached hydrogen (secondary N) is 1. The molecule has 3 rings (SSSR count). The predicted molar refractivity (Wildman–Crippen MR) is 98.0 cm³/mol. The van der Waals surface area contributed by atoms with Gasteiger partial charge in [-0.1, -0.05) is 32.3 Å². The lowest BCUT2D eigenvalue weighted by molar-refractivity contribution is -0.141. The molecule has 7 heteroatoms. The topological polar surface area (TPSA) is 41.6 Å². The Balaban J connectivity index is 1.68. The van der Waals surface area contributed by atoms with E-state index in [-0.39, 0.29) is 5.69 Å². The van der Waals surface area contributed by atoms with E-state index < -0.39 is 11.9 Å². The molecule has 0 spiro atoms. The zero-order valence-corrected chi connectivity index (χ0v) is 15.3. The standard InChI is InChI=1S/C19H20F3N3S/c1-2-3-4-5-6-15-9-14(12-26-15)13-7-8-16(23-11-13)17-10-18(25-24-17)19(20,21)22/h7-12H,2-6H2,1H3,(H,24,25). The zero-order chi connectivity index (χ0) is 18.6. The second-order valence-corrected chi connectivity index (χ2v) is 7.20. The molecule has 0 aliphatic rings.